The van der Waals surface area contributed by atoms with Crippen molar-refractivity contribution in [2.75, 3.05) is 6.54 Å². The molecular weight excluding hydrogens is 402 g/mol. The van der Waals surface area contributed by atoms with Gasteiger partial charge >= 0.3 is 6.09 Å². The van der Waals surface area contributed by atoms with E-state index in [1.165, 1.54) is 0 Å². The van der Waals surface area contributed by atoms with Crippen LogP contribution in [0.5, 0.6) is 0 Å². The molecule has 2 aliphatic heterocycles. The molecule has 2 aliphatic rings. The third-order valence-electron chi connectivity index (χ3n) is 5.54. The molecular formula is C26H35N3O3. The monoisotopic (exact) mass is 437 g/mol. The second kappa shape index (κ2) is 9.98. The molecule has 0 saturated carbocycles. The number of aliphatic imine (C=N–C) groups is 1. The maximum absolute atomic E-state index is 12.9. The molecule has 2 heterocycles. The first kappa shape index (κ1) is 25.1. The van der Waals surface area contributed by atoms with E-state index in [1.54, 1.807) is 17.9 Å². The van der Waals surface area contributed by atoms with Crippen molar-refractivity contribution in [2.24, 2.45) is 4.99 Å². The Labute approximate surface area is 191 Å². The molecule has 0 radical (unpaired) electrons. The summed E-state index contributed by atoms with van der Waals surface area (Å²) in [6.45, 7) is 19.7. The van der Waals surface area contributed by atoms with Crippen molar-refractivity contribution in [1.82, 2.24) is 10.2 Å². The van der Waals surface area contributed by atoms with Gasteiger partial charge < -0.3 is 10.1 Å². The van der Waals surface area contributed by atoms with E-state index >= 15 is 0 Å². The fraction of sp³-hybridized carbons (Fsp3) is 0.423. The van der Waals surface area contributed by atoms with Gasteiger partial charge in [0.15, 0.2) is 5.54 Å². The minimum atomic E-state index is -1.03. The Bertz CT molecular complexity index is 925. The van der Waals surface area contributed by atoms with Crippen molar-refractivity contribution < 1.29 is 14.3 Å². The van der Waals surface area contributed by atoms with Crippen molar-refractivity contribution >= 4 is 23.4 Å². The van der Waals surface area contributed by atoms with Crippen LogP contribution in [0, 0.1) is 0 Å². The topological polar surface area (TPSA) is 71.0 Å². The first-order valence-corrected chi connectivity index (χ1v) is 10.9. The highest BCUT2D eigenvalue weighted by atomic mass is 16.6. The van der Waals surface area contributed by atoms with E-state index in [0.717, 1.165) is 29.5 Å². The Kier molecular flexibility index (Phi) is 7.83. The number of ether oxygens (including phenoxy) is 1. The number of hydrogen-bond acceptors (Lipinski definition) is 4. The number of allylic oxidation sites excluding steroid dienone is 3. The molecule has 2 amide bonds. The number of carbonyl (C=O) groups is 2. The van der Waals surface area contributed by atoms with E-state index in [4.69, 9.17) is 9.73 Å². The van der Waals surface area contributed by atoms with Crippen molar-refractivity contribution in [3.63, 3.8) is 0 Å². The maximum Gasteiger partial charge on any atom is 0.410 e. The lowest BCUT2D eigenvalue weighted by Gasteiger charge is -2.28. The molecule has 6 heteroatoms. The molecule has 3 rings (SSSR count). The van der Waals surface area contributed by atoms with E-state index in [0.29, 0.717) is 12.4 Å². The summed E-state index contributed by atoms with van der Waals surface area (Å²) in [6.07, 6.45) is 5.02. The van der Waals surface area contributed by atoms with Crippen molar-refractivity contribution in [2.45, 2.75) is 64.6 Å². The Morgan fingerprint density at radius 1 is 1.28 bits per heavy atom. The number of likely N-dealkylation sites (tertiary alicyclic amines) is 1. The predicted octanol–water partition coefficient (Wildman–Crippen LogP) is 5.22. The maximum atomic E-state index is 12.9. The Balaban J connectivity index is 0.00000176. The molecule has 2 unspecified atom stereocenters. The number of nitrogens with one attached hydrogen (secondary N) is 1. The fourth-order valence-corrected chi connectivity index (χ4v) is 3.89. The second-order valence-electron chi connectivity index (χ2n) is 8.88. The molecule has 172 valence electrons. The average molecular weight is 438 g/mol. The zero-order valence-corrected chi connectivity index (χ0v) is 19.9. The SMILES string of the molecule is C=C.C=C/C(=C\C)c1ccc(C2(C)N=C(C3CCCN3C(=O)OC(C)(C)C)NC2=O)cc1. The van der Waals surface area contributed by atoms with Crippen LogP contribution in [0.25, 0.3) is 5.57 Å². The average Bonchev–Trinajstić information content (AvgIpc) is 3.35. The summed E-state index contributed by atoms with van der Waals surface area (Å²) in [5.41, 5.74) is 1.28. The van der Waals surface area contributed by atoms with Crippen LogP contribution in [0.1, 0.15) is 58.6 Å². The molecule has 6 nitrogen and oxygen atoms in total. The van der Waals surface area contributed by atoms with Gasteiger partial charge in [0, 0.05) is 6.54 Å². The zero-order valence-electron chi connectivity index (χ0n) is 19.9. The van der Waals surface area contributed by atoms with E-state index < -0.39 is 11.1 Å². The van der Waals surface area contributed by atoms with Gasteiger partial charge in [-0.1, -0.05) is 43.0 Å². The number of benzene rings is 1. The lowest BCUT2D eigenvalue weighted by molar-refractivity contribution is -0.123. The summed E-state index contributed by atoms with van der Waals surface area (Å²) < 4.78 is 5.54. The molecule has 0 aromatic heterocycles. The normalized spacial score (nSPS) is 23.1. The van der Waals surface area contributed by atoms with Crippen LogP contribution in [0.2, 0.25) is 0 Å². The molecule has 1 fully saturated rings. The highest BCUT2D eigenvalue weighted by Gasteiger charge is 2.45. The molecule has 32 heavy (non-hydrogen) atoms. The number of hydrogen-bond donors (Lipinski definition) is 1. The highest BCUT2D eigenvalue weighted by molar-refractivity contribution is 6.11. The van der Waals surface area contributed by atoms with Crippen molar-refractivity contribution in [3.05, 3.63) is 67.3 Å². The van der Waals surface area contributed by atoms with E-state index in [1.807, 2.05) is 58.0 Å². The number of carbonyl (C=O) groups excluding carboxylic acids is 2. The van der Waals surface area contributed by atoms with E-state index in [9.17, 15) is 9.59 Å². The van der Waals surface area contributed by atoms with Gasteiger partial charge in [0.1, 0.15) is 11.4 Å². The predicted molar refractivity (Wildman–Crippen MR) is 130 cm³/mol. The van der Waals surface area contributed by atoms with Gasteiger partial charge in [0.2, 0.25) is 0 Å². The first-order valence-electron chi connectivity index (χ1n) is 10.9. The molecule has 0 aliphatic carbocycles. The fourth-order valence-electron chi connectivity index (χ4n) is 3.89. The first-order chi connectivity index (χ1) is 15.1. The van der Waals surface area contributed by atoms with Crippen LogP contribution >= 0.6 is 0 Å². The van der Waals surface area contributed by atoms with Crippen LogP contribution in [-0.4, -0.2) is 40.9 Å². The van der Waals surface area contributed by atoms with Crippen molar-refractivity contribution in [3.8, 4) is 0 Å². The largest absolute Gasteiger partial charge is 0.444 e. The van der Waals surface area contributed by atoms with Gasteiger partial charge in [-0.15, -0.1) is 13.2 Å². The second-order valence-corrected chi connectivity index (χ2v) is 8.88. The third-order valence-corrected chi connectivity index (χ3v) is 5.54. The van der Waals surface area contributed by atoms with Crippen LogP contribution in [0.15, 0.2) is 61.1 Å². The lowest BCUT2D eigenvalue weighted by atomic mass is 9.91. The van der Waals surface area contributed by atoms with Crippen LogP contribution in [0.3, 0.4) is 0 Å². The van der Waals surface area contributed by atoms with Crippen molar-refractivity contribution in [1.29, 1.82) is 0 Å². The van der Waals surface area contributed by atoms with Gasteiger partial charge in [0.25, 0.3) is 5.91 Å². The Morgan fingerprint density at radius 3 is 2.44 bits per heavy atom. The molecule has 1 saturated heterocycles. The summed E-state index contributed by atoms with van der Waals surface area (Å²) in [6, 6.07) is 7.52. The highest BCUT2D eigenvalue weighted by Crippen LogP contribution is 2.33. The molecule has 1 aromatic rings. The lowest BCUT2D eigenvalue weighted by Crippen LogP contribution is -2.47. The van der Waals surface area contributed by atoms with Gasteiger partial charge in [-0.05, 0) is 64.2 Å². The number of nitrogens with zero attached hydrogens (tertiary/aromatic N) is 2. The van der Waals surface area contributed by atoms with Gasteiger partial charge in [-0.3, -0.25) is 9.69 Å². The zero-order chi connectivity index (χ0) is 24.1. The Hall–Kier alpha value is -3.15. The Morgan fingerprint density at radius 2 is 1.91 bits per heavy atom. The molecule has 1 aromatic carbocycles. The van der Waals surface area contributed by atoms with Crippen LogP contribution < -0.4 is 5.32 Å². The van der Waals surface area contributed by atoms with Gasteiger partial charge in [-0.2, -0.15) is 0 Å². The summed E-state index contributed by atoms with van der Waals surface area (Å²) in [5.74, 6) is 0.353. The minimum Gasteiger partial charge on any atom is -0.444 e. The summed E-state index contributed by atoms with van der Waals surface area (Å²) in [4.78, 5) is 32.0. The molecule has 0 spiro atoms. The third kappa shape index (κ3) is 5.18. The summed E-state index contributed by atoms with van der Waals surface area (Å²) in [5, 5.41) is 2.93. The molecule has 1 N–H and O–H groups in total. The number of amides is 2. The smallest absolute Gasteiger partial charge is 0.410 e. The van der Waals surface area contributed by atoms with Crippen LogP contribution in [-0.2, 0) is 15.1 Å². The standard InChI is InChI=1S/C24H31N3O3.C2H4/c1-7-16(8-2)17-11-13-18(14-12-17)24(6)21(28)25-20(26-24)19-10-9-15-27(19)22(29)30-23(3,4)5;1-2/h7-8,11-14,19H,1,9-10,15H2,2-6H3,(H,25,26,28);1-2H2/b16-8+;. The van der Waals surface area contributed by atoms with E-state index in [-0.39, 0.29) is 18.0 Å². The molecule has 2 atom stereocenters. The molecule has 0 bridgehead atoms. The summed E-state index contributed by atoms with van der Waals surface area (Å²) >= 11 is 0. The summed E-state index contributed by atoms with van der Waals surface area (Å²) in [7, 11) is 0. The number of rotatable bonds is 4. The number of amidine groups is 1. The van der Waals surface area contributed by atoms with E-state index in [2.05, 4.69) is 25.1 Å². The van der Waals surface area contributed by atoms with Gasteiger partial charge in [0.05, 0.1) is 6.04 Å². The van der Waals surface area contributed by atoms with Gasteiger partial charge in [-0.25, -0.2) is 9.79 Å². The minimum absolute atomic E-state index is 0.184. The van der Waals surface area contributed by atoms with Crippen LogP contribution in [0.4, 0.5) is 4.79 Å². The quantitative estimate of drug-likeness (QED) is 0.518.